The average Bonchev–Trinajstić information content (AvgIpc) is 2.76. The number of carbonyl (C=O) groups excluding carboxylic acids is 1. The molecule has 0 unspecified atom stereocenters. The van der Waals surface area contributed by atoms with E-state index in [0.717, 1.165) is 13.1 Å². The quantitative estimate of drug-likeness (QED) is 0.569. The number of benzene rings is 2. The molecular formula is C24H27FN4O3. The van der Waals surface area contributed by atoms with E-state index >= 15 is 0 Å². The number of pyridine rings is 1. The third-order valence-corrected chi connectivity index (χ3v) is 5.74. The maximum absolute atomic E-state index is 14.1. The van der Waals surface area contributed by atoms with E-state index in [0.29, 0.717) is 47.4 Å². The van der Waals surface area contributed by atoms with Gasteiger partial charge in [0.1, 0.15) is 17.1 Å². The topological polar surface area (TPSA) is 101 Å². The summed E-state index contributed by atoms with van der Waals surface area (Å²) in [4.78, 5) is 27.4. The predicted octanol–water partition coefficient (Wildman–Crippen LogP) is 2.68. The largest absolute Gasteiger partial charge is 0.506 e. The van der Waals surface area contributed by atoms with Gasteiger partial charge in [0.05, 0.1) is 16.6 Å². The van der Waals surface area contributed by atoms with E-state index in [1.54, 1.807) is 18.2 Å². The normalized spacial score (nSPS) is 14.3. The number of carbonyl (C=O) groups is 1. The van der Waals surface area contributed by atoms with Crippen LogP contribution in [0.2, 0.25) is 0 Å². The molecule has 1 fully saturated rings. The zero-order valence-electron chi connectivity index (χ0n) is 18.2. The molecule has 1 aromatic heterocycles. The lowest BCUT2D eigenvalue weighted by molar-refractivity contribution is 0.0996. The van der Waals surface area contributed by atoms with Crippen molar-refractivity contribution < 1.29 is 14.3 Å². The maximum atomic E-state index is 14.1. The SMILES string of the molecule is CC(C)Cn1c(=O)c(C(N)=O)c(O)c2c(N3CCNCC3)c(-c3cccc(F)c3)ccc21. The lowest BCUT2D eigenvalue weighted by Crippen LogP contribution is -2.44. The maximum Gasteiger partial charge on any atom is 0.267 e. The zero-order chi connectivity index (χ0) is 23.0. The van der Waals surface area contributed by atoms with Gasteiger partial charge in [-0.05, 0) is 29.7 Å². The monoisotopic (exact) mass is 438 g/mol. The van der Waals surface area contributed by atoms with Crippen molar-refractivity contribution >= 4 is 22.5 Å². The molecule has 0 atom stereocenters. The van der Waals surface area contributed by atoms with Crippen LogP contribution in [0.25, 0.3) is 22.0 Å². The van der Waals surface area contributed by atoms with E-state index in [2.05, 4.69) is 10.2 Å². The number of primary amides is 1. The van der Waals surface area contributed by atoms with Crippen molar-refractivity contribution in [1.82, 2.24) is 9.88 Å². The van der Waals surface area contributed by atoms with E-state index in [9.17, 15) is 19.1 Å². The lowest BCUT2D eigenvalue weighted by Gasteiger charge is -2.33. The van der Waals surface area contributed by atoms with Crippen LogP contribution in [0.5, 0.6) is 5.75 Å². The van der Waals surface area contributed by atoms with Crippen molar-refractivity contribution in [2.45, 2.75) is 20.4 Å². The second-order valence-electron chi connectivity index (χ2n) is 8.50. The molecule has 0 aliphatic carbocycles. The summed E-state index contributed by atoms with van der Waals surface area (Å²) in [5, 5.41) is 14.8. The van der Waals surface area contributed by atoms with Crippen molar-refractivity contribution in [2.75, 3.05) is 31.1 Å². The summed E-state index contributed by atoms with van der Waals surface area (Å²) in [7, 11) is 0. The molecule has 0 bridgehead atoms. The van der Waals surface area contributed by atoms with Crippen LogP contribution < -0.4 is 21.5 Å². The van der Waals surface area contributed by atoms with Crippen LogP contribution in [-0.2, 0) is 6.54 Å². The first-order valence-electron chi connectivity index (χ1n) is 10.7. The molecule has 0 saturated carbocycles. The van der Waals surface area contributed by atoms with Gasteiger partial charge >= 0.3 is 0 Å². The molecule has 1 aliphatic rings. The second kappa shape index (κ2) is 8.63. The molecular weight excluding hydrogens is 411 g/mol. The predicted molar refractivity (Wildman–Crippen MR) is 124 cm³/mol. The van der Waals surface area contributed by atoms with Gasteiger partial charge < -0.3 is 25.6 Å². The Kier molecular flexibility index (Phi) is 5.88. The first-order chi connectivity index (χ1) is 15.3. The molecule has 1 aliphatic heterocycles. The molecule has 32 heavy (non-hydrogen) atoms. The molecule has 168 valence electrons. The van der Waals surface area contributed by atoms with Gasteiger partial charge in [0.25, 0.3) is 11.5 Å². The minimum Gasteiger partial charge on any atom is -0.506 e. The van der Waals surface area contributed by atoms with E-state index in [1.165, 1.54) is 16.7 Å². The first-order valence-corrected chi connectivity index (χ1v) is 10.7. The number of piperazine rings is 1. The minimum atomic E-state index is -0.977. The molecule has 3 aromatic rings. The van der Waals surface area contributed by atoms with E-state index in [4.69, 9.17) is 5.73 Å². The molecule has 1 amide bonds. The van der Waals surface area contributed by atoms with Gasteiger partial charge in [-0.15, -0.1) is 0 Å². The molecule has 2 heterocycles. The highest BCUT2D eigenvalue weighted by Gasteiger charge is 2.27. The van der Waals surface area contributed by atoms with E-state index in [1.807, 2.05) is 19.9 Å². The van der Waals surface area contributed by atoms with Crippen LogP contribution in [0, 0.1) is 11.7 Å². The molecule has 8 heteroatoms. The number of anilines is 1. The minimum absolute atomic E-state index is 0.117. The molecule has 2 aromatic carbocycles. The Morgan fingerprint density at radius 3 is 2.56 bits per heavy atom. The van der Waals surface area contributed by atoms with Gasteiger partial charge in [-0.25, -0.2) is 4.39 Å². The number of nitrogens with one attached hydrogen (secondary N) is 1. The summed E-state index contributed by atoms with van der Waals surface area (Å²) in [5.41, 5.74) is 7.00. The molecule has 0 spiro atoms. The number of nitrogens with two attached hydrogens (primary N) is 1. The number of amides is 1. The van der Waals surface area contributed by atoms with Crippen LogP contribution in [0.4, 0.5) is 10.1 Å². The molecule has 1 saturated heterocycles. The van der Waals surface area contributed by atoms with E-state index in [-0.39, 0.29) is 11.7 Å². The second-order valence-corrected chi connectivity index (χ2v) is 8.50. The van der Waals surface area contributed by atoms with Gasteiger partial charge in [-0.3, -0.25) is 9.59 Å². The summed E-state index contributed by atoms with van der Waals surface area (Å²) < 4.78 is 15.6. The molecule has 0 radical (unpaired) electrons. The summed E-state index contributed by atoms with van der Waals surface area (Å²) in [6, 6.07) is 9.82. The van der Waals surface area contributed by atoms with Crippen molar-refractivity contribution in [1.29, 1.82) is 0 Å². The number of fused-ring (bicyclic) bond motifs is 1. The number of aromatic hydroxyl groups is 1. The first kappa shape index (κ1) is 21.8. The highest BCUT2D eigenvalue weighted by Crippen LogP contribution is 2.42. The average molecular weight is 439 g/mol. The van der Waals surface area contributed by atoms with Crippen molar-refractivity contribution in [3.05, 3.63) is 58.1 Å². The Labute approximate surface area is 185 Å². The van der Waals surface area contributed by atoms with Gasteiger partial charge in [0.2, 0.25) is 0 Å². The highest BCUT2D eigenvalue weighted by atomic mass is 19.1. The standard InChI is InChI=1S/C24H27FN4O3/c1-14(2)13-29-18-7-6-17(15-4-3-5-16(25)12-15)21(28-10-8-27-9-11-28)19(18)22(30)20(23(26)31)24(29)32/h3-7,12,14,27,30H,8-11,13H2,1-2H3,(H2,26,31). The fourth-order valence-electron chi connectivity index (χ4n) is 4.38. The third kappa shape index (κ3) is 3.82. The van der Waals surface area contributed by atoms with Crippen LogP contribution in [0.15, 0.2) is 41.2 Å². The van der Waals surface area contributed by atoms with Gasteiger partial charge in [0, 0.05) is 38.3 Å². The van der Waals surface area contributed by atoms with Gasteiger partial charge in [0.15, 0.2) is 0 Å². The number of rotatable bonds is 5. The number of halogens is 1. The Bertz CT molecular complexity index is 1250. The summed E-state index contributed by atoms with van der Waals surface area (Å²) >= 11 is 0. The Morgan fingerprint density at radius 2 is 1.94 bits per heavy atom. The summed E-state index contributed by atoms with van der Waals surface area (Å²) in [6.07, 6.45) is 0. The third-order valence-electron chi connectivity index (χ3n) is 5.74. The number of hydrogen-bond acceptors (Lipinski definition) is 5. The number of hydrogen-bond donors (Lipinski definition) is 3. The Hall–Kier alpha value is -3.39. The van der Waals surface area contributed by atoms with E-state index < -0.39 is 22.8 Å². The van der Waals surface area contributed by atoms with Crippen LogP contribution in [0.1, 0.15) is 24.2 Å². The highest BCUT2D eigenvalue weighted by molar-refractivity contribution is 6.09. The van der Waals surface area contributed by atoms with Gasteiger partial charge in [-0.1, -0.05) is 32.0 Å². The van der Waals surface area contributed by atoms with Crippen LogP contribution in [-0.4, -0.2) is 41.8 Å². The Balaban J connectivity index is 2.15. The van der Waals surface area contributed by atoms with Crippen LogP contribution in [0.3, 0.4) is 0 Å². The van der Waals surface area contributed by atoms with Crippen LogP contribution >= 0.6 is 0 Å². The van der Waals surface area contributed by atoms with Crippen molar-refractivity contribution in [2.24, 2.45) is 11.7 Å². The molecule has 4 rings (SSSR count). The molecule has 7 nitrogen and oxygen atoms in total. The fourth-order valence-corrected chi connectivity index (χ4v) is 4.38. The lowest BCUT2D eigenvalue weighted by atomic mass is 9.96. The fraction of sp³-hybridized carbons (Fsp3) is 0.333. The van der Waals surface area contributed by atoms with Gasteiger partial charge in [-0.2, -0.15) is 0 Å². The van der Waals surface area contributed by atoms with Crippen molar-refractivity contribution in [3.63, 3.8) is 0 Å². The summed E-state index contributed by atoms with van der Waals surface area (Å²) in [6.45, 7) is 7.05. The Morgan fingerprint density at radius 1 is 1.22 bits per heavy atom. The number of nitrogens with zero attached hydrogens (tertiary/aromatic N) is 2. The summed E-state index contributed by atoms with van der Waals surface area (Å²) in [5.74, 6) is -1.66. The smallest absolute Gasteiger partial charge is 0.267 e. The zero-order valence-corrected chi connectivity index (χ0v) is 18.2. The molecule has 4 N–H and O–H groups in total. The van der Waals surface area contributed by atoms with Crippen molar-refractivity contribution in [3.8, 4) is 16.9 Å². The number of aromatic nitrogens is 1.